The Labute approximate surface area is 169 Å². The van der Waals surface area contributed by atoms with E-state index in [-0.39, 0.29) is 23.1 Å². The van der Waals surface area contributed by atoms with Gasteiger partial charge in [-0.15, -0.1) is 0 Å². The van der Waals surface area contributed by atoms with Crippen molar-refractivity contribution in [1.82, 2.24) is 14.8 Å². The molecule has 0 aliphatic carbocycles. The van der Waals surface area contributed by atoms with Crippen LogP contribution < -0.4 is 5.32 Å². The second kappa shape index (κ2) is 8.18. The lowest BCUT2D eigenvalue weighted by atomic mass is 10.1. The highest BCUT2D eigenvalue weighted by molar-refractivity contribution is 7.89. The minimum atomic E-state index is -3.43. The first-order valence-corrected chi connectivity index (χ1v) is 10.9. The first-order chi connectivity index (χ1) is 14.0. The second-order valence-electron chi connectivity index (χ2n) is 6.88. The van der Waals surface area contributed by atoms with Crippen molar-refractivity contribution in [2.75, 3.05) is 13.1 Å². The van der Waals surface area contributed by atoms with Gasteiger partial charge in [0.15, 0.2) is 0 Å². The predicted octanol–water partition coefficient (Wildman–Crippen LogP) is 3.06. The van der Waals surface area contributed by atoms with Crippen LogP contribution in [0.25, 0.3) is 11.3 Å². The summed E-state index contributed by atoms with van der Waals surface area (Å²) < 4.78 is 31.8. The Hall–Kier alpha value is -2.97. The molecule has 0 saturated carbocycles. The second-order valence-corrected chi connectivity index (χ2v) is 8.82. The van der Waals surface area contributed by atoms with E-state index >= 15 is 0 Å². The standard InChI is InChI=1S/C21H21N3O4S/c25-21(20-14-19(23-28-20)17-6-2-1-3-7-17)22-15-16-8-10-18(11-9-16)29(26,27)24-12-4-5-13-24/h1-3,6-11,14H,4-5,12-13,15H2,(H,22,25). The molecule has 0 bridgehead atoms. The molecule has 1 amide bonds. The molecule has 0 radical (unpaired) electrons. The third-order valence-electron chi connectivity index (χ3n) is 4.88. The van der Waals surface area contributed by atoms with Crippen molar-refractivity contribution in [1.29, 1.82) is 0 Å². The van der Waals surface area contributed by atoms with Crippen molar-refractivity contribution in [3.63, 3.8) is 0 Å². The SMILES string of the molecule is O=C(NCc1ccc(S(=O)(=O)N2CCCC2)cc1)c1cc(-c2ccccc2)no1. The third kappa shape index (κ3) is 4.23. The maximum absolute atomic E-state index is 12.6. The van der Waals surface area contributed by atoms with Crippen LogP contribution in [0.4, 0.5) is 0 Å². The van der Waals surface area contributed by atoms with Crippen LogP contribution in [-0.4, -0.2) is 36.9 Å². The fourth-order valence-electron chi connectivity index (χ4n) is 3.25. The third-order valence-corrected chi connectivity index (χ3v) is 6.80. The van der Waals surface area contributed by atoms with Gasteiger partial charge in [-0.1, -0.05) is 47.6 Å². The number of nitrogens with zero attached hydrogens (tertiary/aromatic N) is 2. The van der Waals surface area contributed by atoms with Gasteiger partial charge >= 0.3 is 0 Å². The Balaban J connectivity index is 1.38. The van der Waals surface area contributed by atoms with Crippen molar-refractivity contribution >= 4 is 15.9 Å². The van der Waals surface area contributed by atoms with E-state index in [4.69, 9.17) is 4.52 Å². The number of nitrogens with one attached hydrogen (secondary N) is 1. The summed E-state index contributed by atoms with van der Waals surface area (Å²) in [7, 11) is -3.43. The van der Waals surface area contributed by atoms with Gasteiger partial charge in [0.1, 0.15) is 5.69 Å². The van der Waals surface area contributed by atoms with Gasteiger partial charge in [-0.3, -0.25) is 4.79 Å². The van der Waals surface area contributed by atoms with E-state index in [0.29, 0.717) is 18.8 Å². The van der Waals surface area contributed by atoms with Crippen LogP contribution in [0.1, 0.15) is 29.0 Å². The zero-order chi connectivity index (χ0) is 20.3. The monoisotopic (exact) mass is 411 g/mol. The Kier molecular flexibility index (Phi) is 5.46. The number of carbonyl (C=O) groups excluding carboxylic acids is 1. The average Bonchev–Trinajstić information content (AvgIpc) is 3.46. The molecule has 1 saturated heterocycles. The summed E-state index contributed by atoms with van der Waals surface area (Å²) in [5, 5.41) is 6.69. The Bertz CT molecular complexity index is 1090. The molecule has 1 aliphatic rings. The van der Waals surface area contributed by atoms with E-state index in [1.54, 1.807) is 30.3 Å². The molecule has 2 aromatic carbocycles. The Morgan fingerprint density at radius 2 is 1.72 bits per heavy atom. The number of carbonyl (C=O) groups is 1. The quantitative estimate of drug-likeness (QED) is 0.673. The topological polar surface area (TPSA) is 92.5 Å². The average molecular weight is 411 g/mol. The first kappa shape index (κ1) is 19.4. The lowest BCUT2D eigenvalue weighted by molar-refractivity contribution is 0.0914. The van der Waals surface area contributed by atoms with Gasteiger partial charge < -0.3 is 9.84 Å². The fraction of sp³-hybridized carbons (Fsp3) is 0.238. The molecule has 8 heteroatoms. The molecule has 0 atom stereocenters. The van der Waals surface area contributed by atoms with Crippen LogP contribution in [0.5, 0.6) is 0 Å². The molecular formula is C21H21N3O4S. The molecule has 150 valence electrons. The van der Waals surface area contributed by atoms with E-state index in [2.05, 4.69) is 10.5 Å². The molecule has 1 aromatic heterocycles. The molecule has 29 heavy (non-hydrogen) atoms. The Morgan fingerprint density at radius 1 is 1.03 bits per heavy atom. The predicted molar refractivity (Wildman–Crippen MR) is 108 cm³/mol. The molecule has 1 N–H and O–H groups in total. The molecule has 2 heterocycles. The molecule has 4 rings (SSSR count). The van der Waals surface area contributed by atoms with Crippen LogP contribution in [0.2, 0.25) is 0 Å². The van der Waals surface area contributed by atoms with Crippen molar-refractivity contribution in [3.8, 4) is 11.3 Å². The van der Waals surface area contributed by atoms with Crippen LogP contribution in [0, 0.1) is 0 Å². The summed E-state index contributed by atoms with van der Waals surface area (Å²) in [6, 6.07) is 17.6. The smallest absolute Gasteiger partial charge is 0.290 e. The van der Waals surface area contributed by atoms with Gasteiger partial charge in [0.25, 0.3) is 5.91 Å². The molecule has 3 aromatic rings. The van der Waals surface area contributed by atoms with Crippen molar-refractivity contribution in [2.24, 2.45) is 0 Å². The first-order valence-electron chi connectivity index (χ1n) is 9.43. The number of amides is 1. The van der Waals surface area contributed by atoms with Gasteiger partial charge in [-0.25, -0.2) is 8.42 Å². The van der Waals surface area contributed by atoms with Gasteiger partial charge in [0, 0.05) is 31.3 Å². The van der Waals surface area contributed by atoms with E-state index in [1.165, 1.54) is 4.31 Å². The highest BCUT2D eigenvalue weighted by Crippen LogP contribution is 2.21. The summed E-state index contributed by atoms with van der Waals surface area (Å²) in [4.78, 5) is 12.6. The largest absolute Gasteiger partial charge is 0.350 e. The van der Waals surface area contributed by atoms with Gasteiger partial charge in [-0.05, 0) is 30.5 Å². The highest BCUT2D eigenvalue weighted by atomic mass is 32.2. The molecule has 0 spiro atoms. The fourth-order valence-corrected chi connectivity index (χ4v) is 4.77. The molecular weight excluding hydrogens is 390 g/mol. The normalized spacial score (nSPS) is 14.8. The highest BCUT2D eigenvalue weighted by Gasteiger charge is 2.26. The molecule has 1 aliphatic heterocycles. The number of aromatic nitrogens is 1. The lowest BCUT2D eigenvalue weighted by Crippen LogP contribution is -2.27. The minimum absolute atomic E-state index is 0.122. The summed E-state index contributed by atoms with van der Waals surface area (Å²) in [6.07, 6.45) is 1.80. The van der Waals surface area contributed by atoms with Gasteiger partial charge in [0.05, 0.1) is 4.90 Å². The molecule has 7 nitrogen and oxygen atoms in total. The van der Waals surface area contributed by atoms with E-state index in [1.807, 2.05) is 30.3 Å². The number of hydrogen-bond acceptors (Lipinski definition) is 5. The van der Waals surface area contributed by atoms with Crippen molar-refractivity contribution in [2.45, 2.75) is 24.3 Å². The molecule has 0 unspecified atom stereocenters. The van der Waals surface area contributed by atoms with E-state index in [0.717, 1.165) is 24.0 Å². The van der Waals surface area contributed by atoms with Gasteiger partial charge in [-0.2, -0.15) is 4.31 Å². The van der Waals surface area contributed by atoms with Crippen molar-refractivity contribution in [3.05, 3.63) is 72.0 Å². The maximum Gasteiger partial charge on any atom is 0.290 e. The van der Waals surface area contributed by atoms with Crippen LogP contribution >= 0.6 is 0 Å². The lowest BCUT2D eigenvalue weighted by Gasteiger charge is -2.15. The summed E-state index contributed by atoms with van der Waals surface area (Å²) in [6.45, 7) is 1.40. The van der Waals surface area contributed by atoms with E-state index in [9.17, 15) is 13.2 Å². The zero-order valence-electron chi connectivity index (χ0n) is 15.7. The number of sulfonamides is 1. The van der Waals surface area contributed by atoms with Crippen LogP contribution in [0.3, 0.4) is 0 Å². The summed E-state index contributed by atoms with van der Waals surface area (Å²) in [5.74, 6) is -0.259. The molecule has 1 fully saturated rings. The number of benzene rings is 2. The maximum atomic E-state index is 12.6. The summed E-state index contributed by atoms with van der Waals surface area (Å²) >= 11 is 0. The Morgan fingerprint density at radius 3 is 2.41 bits per heavy atom. The van der Waals surface area contributed by atoms with Crippen LogP contribution in [0.15, 0.2) is 70.1 Å². The van der Waals surface area contributed by atoms with Crippen molar-refractivity contribution < 1.29 is 17.7 Å². The minimum Gasteiger partial charge on any atom is -0.350 e. The zero-order valence-corrected chi connectivity index (χ0v) is 16.6. The van der Waals surface area contributed by atoms with Gasteiger partial charge in [0.2, 0.25) is 15.8 Å². The van der Waals surface area contributed by atoms with Crippen LogP contribution in [-0.2, 0) is 16.6 Å². The summed E-state index contributed by atoms with van der Waals surface area (Å²) in [5.41, 5.74) is 2.25. The van der Waals surface area contributed by atoms with E-state index < -0.39 is 10.0 Å². The number of hydrogen-bond donors (Lipinski definition) is 1. The number of rotatable bonds is 6.